The van der Waals surface area contributed by atoms with Gasteiger partial charge in [0, 0.05) is 26.2 Å². The van der Waals surface area contributed by atoms with Crippen molar-refractivity contribution in [3.05, 3.63) is 34.6 Å². The number of nitrogens with zero attached hydrogens (tertiary/aromatic N) is 4. The second-order valence-electron chi connectivity index (χ2n) is 4.80. The molecular weight excluding hydrogens is 247 g/mol. The summed E-state index contributed by atoms with van der Waals surface area (Å²) in [6, 6.07) is 6.74. The molecule has 1 aliphatic heterocycles. The van der Waals surface area contributed by atoms with Gasteiger partial charge in [-0.3, -0.25) is 4.79 Å². The van der Waals surface area contributed by atoms with Crippen molar-refractivity contribution >= 4 is 16.9 Å². The molecule has 100 valence electrons. The zero-order valence-corrected chi connectivity index (χ0v) is 10.7. The fourth-order valence-electron chi connectivity index (χ4n) is 2.31. The average molecular weight is 262 g/mol. The number of hydrogen-bond donors (Lipinski definition) is 0. The lowest BCUT2D eigenvalue weighted by atomic mass is 10.3. The summed E-state index contributed by atoms with van der Waals surface area (Å²) in [6.07, 6.45) is 0. The Balaban J connectivity index is 2.09. The molecule has 19 heavy (non-hydrogen) atoms. The van der Waals surface area contributed by atoms with Crippen LogP contribution in [0.4, 0.5) is 10.3 Å². The number of likely N-dealkylation sites (N-methyl/N-ethyl adjacent to an activating group) is 1. The molecule has 1 fully saturated rings. The fourth-order valence-corrected chi connectivity index (χ4v) is 2.31. The maximum Gasteiger partial charge on any atom is 0.322 e. The molecule has 1 aromatic heterocycles. The molecular formula is C13H15FN4O. The van der Waals surface area contributed by atoms with Gasteiger partial charge in [-0.2, -0.15) is 0 Å². The van der Waals surface area contributed by atoms with Gasteiger partial charge in [-0.25, -0.2) is 4.98 Å². The van der Waals surface area contributed by atoms with E-state index in [1.165, 1.54) is 0 Å². The number of rotatable bonds is 1. The molecule has 0 aliphatic carbocycles. The predicted octanol–water partition coefficient (Wildman–Crippen LogP) is 0.881. The van der Waals surface area contributed by atoms with E-state index in [1.807, 2.05) is 11.9 Å². The van der Waals surface area contributed by atoms with Crippen LogP contribution in [-0.4, -0.2) is 47.9 Å². The van der Waals surface area contributed by atoms with Crippen LogP contribution >= 0.6 is 0 Å². The van der Waals surface area contributed by atoms with E-state index in [9.17, 15) is 9.28 Å². The molecule has 1 aliphatic rings. The van der Waals surface area contributed by atoms with E-state index >= 15 is 0 Å². The second kappa shape index (κ2) is 4.62. The minimum atomic E-state index is -0.678. The van der Waals surface area contributed by atoms with Crippen molar-refractivity contribution in [2.24, 2.45) is 0 Å². The lowest BCUT2D eigenvalue weighted by molar-refractivity contribution is 0.310. The predicted molar refractivity (Wildman–Crippen MR) is 72.2 cm³/mol. The largest absolute Gasteiger partial charge is 0.349 e. The first-order valence-electron chi connectivity index (χ1n) is 6.28. The van der Waals surface area contributed by atoms with Crippen LogP contribution in [-0.2, 0) is 0 Å². The van der Waals surface area contributed by atoms with Crippen molar-refractivity contribution in [3.63, 3.8) is 0 Å². The molecule has 0 unspecified atom stereocenters. The van der Waals surface area contributed by atoms with Crippen LogP contribution in [0, 0.1) is 0 Å². The van der Waals surface area contributed by atoms with Crippen LogP contribution in [0.3, 0.4) is 0 Å². The van der Waals surface area contributed by atoms with Crippen molar-refractivity contribution < 1.29 is 4.48 Å². The number of piperazine rings is 1. The first-order valence-corrected chi connectivity index (χ1v) is 6.28. The monoisotopic (exact) mass is 262 g/mol. The Hall–Kier alpha value is -1.95. The number of aromatic nitrogens is 2. The third-order valence-corrected chi connectivity index (χ3v) is 3.49. The SMILES string of the molecule is CN1CCN(c2nc3ccccc3n(F)c2=O)CC1. The van der Waals surface area contributed by atoms with Gasteiger partial charge in [0.15, 0.2) is 5.82 Å². The highest BCUT2D eigenvalue weighted by Gasteiger charge is 2.20. The maximum atomic E-state index is 14.0. The molecule has 2 aromatic rings. The number of halogens is 1. The summed E-state index contributed by atoms with van der Waals surface area (Å²) in [6.45, 7) is 3.08. The highest BCUT2D eigenvalue weighted by Crippen LogP contribution is 2.15. The number of benzene rings is 1. The lowest BCUT2D eigenvalue weighted by Gasteiger charge is -2.32. The zero-order valence-electron chi connectivity index (χ0n) is 10.7. The second-order valence-corrected chi connectivity index (χ2v) is 4.80. The van der Waals surface area contributed by atoms with E-state index < -0.39 is 5.56 Å². The molecule has 0 bridgehead atoms. The molecule has 0 atom stereocenters. The molecule has 0 radical (unpaired) electrons. The highest BCUT2D eigenvalue weighted by atomic mass is 19.2. The standard InChI is InChI=1S/C13H15FN4O/c1-16-6-8-17(9-7-16)12-13(19)18(14)11-5-3-2-4-10(11)15-12/h2-5H,6-9H2,1H3. The Morgan fingerprint density at radius 3 is 2.58 bits per heavy atom. The van der Waals surface area contributed by atoms with Gasteiger partial charge in [-0.15, -0.1) is 4.79 Å². The van der Waals surface area contributed by atoms with E-state index in [2.05, 4.69) is 9.88 Å². The Labute approximate surface area is 109 Å². The topological polar surface area (TPSA) is 41.4 Å². The molecule has 0 saturated carbocycles. The van der Waals surface area contributed by atoms with Crippen molar-refractivity contribution in [1.82, 2.24) is 14.7 Å². The maximum absolute atomic E-state index is 14.0. The van der Waals surface area contributed by atoms with E-state index in [-0.39, 0.29) is 16.1 Å². The Kier molecular flexibility index (Phi) is 2.94. The van der Waals surface area contributed by atoms with Gasteiger partial charge in [0.05, 0.1) is 5.52 Å². The normalized spacial score (nSPS) is 17.1. The molecule has 3 rings (SSSR count). The van der Waals surface area contributed by atoms with Crippen LogP contribution in [0.2, 0.25) is 0 Å². The van der Waals surface area contributed by atoms with Crippen LogP contribution < -0.4 is 10.5 Å². The molecule has 2 heterocycles. The summed E-state index contributed by atoms with van der Waals surface area (Å²) in [5.74, 6) is 0.203. The highest BCUT2D eigenvalue weighted by molar-refractivity contribution is 5.75. The quantitative estimate of drug-likeness (QED) is 0.765. The first-order chi connectivity index (χ1) is 9.16. The molecule has 6 heteroatoms. The van der Waals surface area contributed by atoms with E-state index in [1.54, 1.807) is 24.3 Å². The third kappa shape index (κ3) is 2.08. The molecule has 1 aromatic carbocycles. The smallest absolute Gasteiger partial charge is 0.322 e. The van der Waals surface area contributed by atoms with Gasteiger partial charge in [0.1, 0.15) is 5.52 Å². The third-order valence-electron chi connectivity index (χ3n) is 3.49. The Morgan fingerprint density at radius 1 is 1.16 bits per heavy atom. The minimum Gasteiger partial charge on any atom is -0.349 e. The van der Waals surface area contributed by atoms with E-state index in [0.717, 1.165) is 13.1 Å². The van der Waals surface area contributed by atoms with E-state index in [4.69, 9.17) is 0 Å². The van der Waals surface area contributed by atoms with Gasteiger partial charge in [0.25, 0.3) is 0 Å². The lowest BCUT2D eigenvalue weighted by Crippen LogP contribution is -2.47. The summed E-state index contributed by atoms with van der Waals surface area (Å²) in [5.41, 5.74) is 0.0344. The van der Waals surface area contributed by atoms with Crippen molar-refractivity contribution in [3.8, 4) is 0 Å². The number of hydrogen-bond acceptors (Lipinski definition) is 4. The number of para-hydroxylation sites is 2. The van der Waals surface area contributed by atoms with Crippen LogP contribution in [0.5, 0.6) is 0 Å². The zero-order chi connectivity index (χ0) is 13.4. The summed E-state index contributed by atoms with van der Waals surface area (Å²) in [4.78, 5) is 20.6. The summed E-state index contributed by atoms with van der Waals surface area (Å²) in [7, 11) is 2.03. The molecule has 5 nitrogen and oxygen atoms in total. The van der Waals surface area contributed by atoms with Crippen molar-refractivity contribution in [2.45, 2.75) is 0 Å². The van der Waals surface area contributed by atoms with Gasteiger partial charge >= 0.3 is 5.56 Å². The van der Waals surface area contributed by atoms with Crippen molar-refractivity contribution in [1.29, 1.82) is 0 Å². The molecule has 0 spiro atoms. The summed E-state index contributed by atoms with van der Waals surface area (Å²) in [5, 5.41) is 0. The first kappa shape index (κ1) is 12.1. The number of fused-ring (bicyclic) bond motifs is 1. The van der Waals surface area contributed by atoms with Crippen molar-refractivity contribution in [2.75, 3.05) is 38.1 Å². The molecule has 0 N–H and O–H groups in total. The van der Waals surface area contributed by atoms with Gasteiger partial charge < -0.3 is 9.80 Å². The van der Waals surface area contributed by atoms with E-state index in [0.29, 0.717) is 18.6 Å². The van der Waals surface area contributed by atoms with Crippen LogP contribution in [0.25, 0.3) is 11.0 Å². The van der Waals surface area contributed by atoms with Gasteiger partial charge in [-0.1, -0.05) is 16.6 Å². The van der Waals surface area contributed by atoms with Gasteiger partial charge in [-0.05, 0) is 19.2 Å². The van der Waals surface area contributed by atoms with Crippen LogP contribution in [0.15, 0.2) is 29.1 Å². The Bertz CT molecular complexity index is 661. The Morgan fingerprint density at radius 2 is 1.84 bits per heavy atom. The molecule has 0 amide bonds. The molecule has 1 saturated heterocycles. The minimum absolute atomic E-state index is 0.190. The fraction of sp³-hybridized carbons (Fsp3) is 0.385. The van der Waals surface area contributed by atoms with Gasteiger partial charge in [0.2, 0.25) is 0 Å². The number of anilines is 1. The van der Waals surface area contributed by atoms with Crippen LogP contribution in [0.1, 0.15) is 0 Å². The average Bonchev–Trinajstić information content (AvgIpc) is 2.44. The summed E-state index contributed by atoms with van der Waals surface area (Å²) >= 11 is 0. The summed E-state index contributed by atoms with van der Waals surface area (Å²) < 4.78 is 14.0.